The molecule has 0 radical (unpaired) electrons. The van der Waals surface area contributed by atoms with E-state index in [4.69, 9.17) is 4.52 Å². The number of aryl methyl sites for hydroxylation is 1. The SMILES string of the molecule is Cc1oncc1CNC1CCC1O. The summed E-state index contributed by atoms with van der Waals surface area (Å²) in [4.78, 5) is 0. The van der Waals surface area contributed by atoms with E-state index in [9.17, 15) is 5.11 Å². The van der Waals surface area contributed by atoms with Gasteiger partial charge in [0.05, 0.1) is 12.3 Å². The first-order valence-electron chi connectivity index (χ1n) is 4.59. The lowest BCUT2D eigenvalue weighted by Crippen LogP contribution is -2.47. The zero-order valence-electron chi connectivity index (χ0n) is 7.66. The van der Waals surface area contributed by atoms with Crippen LogP contribution in [0.15, 0.2) is 10.7 Å². The Bertz CT molecular complexity index is 285. The van der Waals surface area contributed by atoms with E-state index in [0.29, 0.717) is 0 Å². The highest BCUT2D eigenvalue weighted by Gasteiger charge is 2.28. The van der Waals surface area contributed by atoms with Crippen molar-refractivity contribution in [1.82, 2.24) is 10.5 Å². The summed E-state index contributed by atoms with van der Waals surface area (Å²) in [5, 5.41) is 16.3. The lowest BCUT2D eigenvalue weighted by atomic mass is 9.89. The molecule has 1 saturated carbocycles. The van der Waals surface area contributed by atoms with E-state index in [-0.39, 0.29) is 12.1 Å². The fourth-order valence-corrected chi connectivity index (χ4v) is 1.45. The van der Waals surface area contributed by atoms with Crippen molar-refractivity contribution in [2.75, 3.05) is 0 Å². The van der Waals surface area contributed by atoms with Gasteiger partial charge in [-0.1, -0.05) is 5.16 Å². The highest BCUT2D eigenvalue weighted by Crippen LogP contribution is 2.20. The van der Waals surface area contributed by atoms with E-state index in [1.807, 2.05) is 6.92 Å². The summed E-state index contributed by atoms with van der Waals surface area (Å²) in [5.41, 5.74) is 1.07. The Labute approximate surface area is 76.9 Å². The molecule has 0 amide bonds. The Hall–Kier alpha value is -0.870. The van der Waals surface area contributed by atoms with E-state index in [0.717, 1.165) is 30.7 Å². The number of hydrogen-bond acceptors (Lipinski definition) is 4. The maximum Gasteiger partial charge on any atom is 0.138 e. The highest BCUT2D eigenvalue weighted by atomic mass is 16.5. The second-order valence-electron chi connectivity index (χ2n) is 3.54. The van der Waals surface area contributed by atoms with E-state index in [1.54, 1.807) is 6.20 Å². The molecular weight excluding hydrogens is 168 g/mol. The molecule has 1 aliphatic rings. The predicted molar refractivity (Wildman–Crippen MR) is 47.1 cm³/mol. The maximum absolute atomic E-state index is 9.30. The van der Waals surface area contributed by atoms with Crippen molar-refractivity contribution < 1.29 is 9.63 Å². The summed E-state index contributed by atoms with van der Waals surface area (Å²) >= 11 is 0. The lowest BCUT2D eigenvalue weighted by molar-refractivity contribution is 0.0492. The molecule has 0 saturated heterocycles. The monoisotopic (exact) mass is 182 g/mol. The Kier molecular flexibility index (Phi) is 2.33. The van der Waals surface area contributed by atoms with Crippen LogP contribution in [0, 0.1) is 6.92 Å². The smallest absolute Gasteiger partial charge is 0.138 e. The number of nitrogens with one attached hydrogen (secondary N) is 1. The largest absolute Gasteiger partial charge is 0.392 e. The summed E-state index contributed by atoms with van der Waals surface area (Å²) < 4.78 is 4.92. The normalized spacial score (nSPS) is 27.2. The Morgan fingerprint density at radius 1 is 1.69 bits per heavy atom. The Morgan fingerprint density at radius 3 is 3.00 bits per heavy atom. The first-order chi connectivity index (χ1) is 6.27. The van der Waals surface area contributed by atoms with Crippen LogP contribution in [-0.2, 0) is 6.54 Å². The lowest BCUT2D eigenvalue weighted by Gasteiger charge is -2.33. The molecule has 13 heavy (non-hydrogen) atoms. The van der Waals surface area contributed by atoms with Crippen LogP contribution in [0.25, 0.3) is 0 Å². The molecule has 0 aliphatic heterocycles. The van der Waals surface area contributed by atoms with Crippen LogP contribution in [0.2, 0.25) is 0 Å². The summed E-state index contributed by atoms with van der Waals surface area (Å²) in [6.07, 6.45) is 3.53. The van der Waals surface area contributed by atoms with Gasteiger partial charge in [0.15, 0.2) is 0 Å². The Balaban J connectivity index is 1.83. The van der Waals surface area contributed by atoms with Crippen molar-refractivity contribution >= 4 is 0 Å². The van der Waals surface area contributed by atoms with Gasteiger partial charge in [-0.2, -0.15) is 0 Å². The molecule has 0 bridgehead atoms. The zero-order valence-corrected chi connectivity index (χ0v) is 7.66. The zero-order chi connectivity index (χ0) is 9.26. The predicted octanol–water partition coefficient (Wildman–Crippen LogP) is 0.596. The van der Waals surface area contributed by atoms with E-state index in [1.165, 1.54) is 0 Å². The second kappa shape index (κ2) is 3.47. The number of aromatic nitrogens is 1. The molecule has 2 rings (SSSR count). The van der Waals surface area contributed by atoms with Crippen molar-refractivity contribution in [2.45, 2.75) is 38.5 Å². The van der Waals surface area contributed by atoms with Gasteiger partial charge in [-0.05, 0) is 19.8 Å². The van der Waals surface area contributed by atoms with Crippen LogP contribution >= 0.6 is 0 Å². The second-order valence-corrected chi connectivity index (χ2v) is 3.54. The fourth-order valence-electron chi connectivity index (χ4n) is 1.45. The van der Waals surface area contributed by atoms with Gasteiger partial charge in [0.1, 0.15) is 5.76 Å². The molecule has 0 aromatic carbocycles. The van der Waals surface area contributed by atoms with Crippen LogP contribution in [-0.4, -0.2) is 22.4 Å². The van der Waals surface area contributed by atoms with E-state index < -0.39 is 0 Å². The molecule has 72 valence electrons. The number of aliphatic hydroxyl groups excluding tert-OH is 1. The summed E-state index contributed by atoms with van der Waals surface area (Å²) in [6.45, 7) is 2.62. The van der Waals surface area contributed by atoms with Crippen LogP contribution < -0.4 is 5.32 Å². The third-order valence-electron chi connectivity index (χ3n) is 2.64. The topological polar surface area (TPSA) is 58.3 Å². The average Bonchev–Trinajstić information content (AvgIpc) is 2.50. The average molecular weight is 182 g/mol. The third-order valence-corrected chi connectivity index (χ3v) is 2.64. The van der Waals surface area contributed by atoms with Crippen molar-refractivity contribution in [3.8, 4) is 0 Å². The molecule has 4 heteroatoms. The minimum absolute atomic E-state index is 0.167. The molecule has 2 unspecified atom stereocenters. The molecule has 1 aromatic heterocycles. The minimum atomic E-state index is -0.167. The molecule has 1 aliphatic carbocycles. The van der Waals surface area contributed by atoms with Gasteiger partial charge in [0, 0.05) is 18.2 Å². The number of aliphatic hydroxyl groups is 1. The van der Waals surface area contributed by atoms with Gasteiger partial charge in [0.2, 0.25) is 0 Å². The van der Waals surface area contributed by atoms with Crippen molar-refractivity contribution in [3.05, 3.63) is 17.5 Å². The molecule has 2 N–H and O–H groups in total. The van der Waals surface area contributed by atoms with Crippen LogP contribution in [0.5, 0.6) is 0 Å². The number of nitrogens with zero attached hydrogens (tertiary/aromatic N) is 1. The molecule has 1 aromatic rings. The van der Waals surface area contributed by atoms with Gasteiger partial charge >= 0.3 is 0 Å². The quantitative estimate of drug-likeness (QED) is 0.718. The maximum atomic E-state index is 9.30. The van der Waals surface area contributed by atoms with Gasteiger partial charge < -0.3 is 14.9 Å². The van der Waals surface area contributed by atoms with Gasteiger partial charge in [-0.25, -0.2) is 0 Å². The van der Waals surface area contributed by atoms with Crippen LogP contribution in [0.1, 0.15) is 24.2 Å². The molecule has 0 spiro atoms. The molecule has 2 atom stereocenters. The highest BCUT2D eigenvalue weighted by molar-refractivity contribution is 5.11. The summed E-state index contributed by atoms with van der Waals surface area (Å²) in [7, 11) is 0. The van der Waals surface area contributed by atoms with Gasteiger partial charge in [-0.15, -0.1) is 0 Å². The molecule has 1 fully saturated rings. The first-order valence-corrected chi connectivity index (χ1v) is 4.59. The van der Waals surface area contributed by atoms with Crippen molar-refractivity contribution in [3.63, 3.8) is 0 Å². The van der Waals surface area contributed by atoms with Crippen molar-refractivity contribution in [1.29, 1.82) is 0 Å². The van der Waals surface area contributed by atoms with E-state index in [2.05, 4.69) is 10.5 Å². The van der Waals surface area contributed by atoms with Crippen molar-refractivity contribution in [2.24, 2.45) is 0 Å². The molecule has 1 heterocycles. The Morgan fingerprint density at radius 2 is 2.54 bits per heavy atom. The summed E-state index contributed by atoms with van der Waals surface area (Å²) in [5.74, 6) is 0.848. The van der Waals surface area contributed by atoms with Crippen LogP contribution in [0.4, 0.5) is 0 Å². The van der Waals surface area contributed by atoms with Gasteiger partial charge in [-0.3, -0.25) is 0 Å². The van der Waals surface area contributed by atoms with E-state index >= 15 is 0 Å². The number of rotatable bonds is 3. The van der Waals surface area contributed by atoms with Crippen LogP contribution in [0.3, 0.4) is 0 Å². The summed E-state index contributed by atoms with van der Waals surface area (Å²) in [6, 6.07) is 0.259. The minimum Gasteiger partial charge on any atom is -0.392 e. The van der Waals surface area contributed by atoms with Gasteiger partial charge in [0.25, 0.3) is 0 Å². The first kappa shape index (κ1) is 8.72. The third kappa shape index (κ3) is 1.73. The number of hydrogen-bond donors (Lipinski definition) is 2. The molecule has 4 nitrogen and oxygen atoms in total. The standard InChI is InChI=1S/C9H14N2O2/c1-6-7(5-11-13-6)4-10-8-2-3-9(8)12/h5,8-10,12H,2-4H2,1H3. The fraction of sp³-hybridized carbons (Fsp3) is 0.667. The molecular formula is C9H14N2O2.